The third-order valence-corrected chi connectivity index (χ3v) is 3.98. The first-order valence-corrected chi connectivity index (χ1v) is 6.34. The van der Waals surface area contributed by atoms with Crippen LogP contribution in [-0.4, -0.2) is 28.8 Å². The Bertz CT molecular complexity index is 362. The van der Waals surface area contributed by atoms with E-state index in [2.05, 4.69) is 22.0 Å². The SMILES string of the molecule is NN1CCC(O)(Cc2ccccc2Br)CC1. The van der Waals surface area contributed by atoms with E-state index < -0.39 is 5.60 Å². The van der Waals surface area contributed by atoms with Crippen molar-refractivity contribution in [3.8, 4) is 0 Å². The Morgan fingerprint density at radius 3 is 2.56 bits per heavy atom. The van der Waals surface area contributed by atoms with Gasteiger partial charge < -0.3 is 5.11 Å². The van der Waals surface area contributed by atoms with Crippen molar-refractivity contribution in [2.24, 2.45) is 5.84 Å². The highest BCUT2D eigenvalue weighted by Gasteiger charge is 2.31. The molecule has 0 unspecified atom stereocenters. The first kappa shape index (κ1) is 12.0. The van der Waals surface area contributed by atoms with Gasteiger partial charge in [-0.05, 0) is 24.5 Å². The lowest BCUT2D eigenvalue weighted by Gasteiger charge is -2.36. The molecule has 0 radical (unpaired) electrons. The molecule has 1 heterocycles. The molecule has 0 spiro atoms. The quantitative estimate of drug-likeness (QED) is 0.813. The smallest absolute Gasteiger partial charge is 0.0713 e. The molecule has 1 aliphatic heterocycles. The maximum Gasteiger partial charge on any atom is 0.0713 e. The van der Waals surface area contributed by atoms with E-state index in [1.165, 1.54) is 0 Å². The molecule has 0 amide bonds. The van der Waals surface area contributed by atoms with Gasteiger partial charge in [-0.2, -0.15) is 0 Å². The van der Waals surface area contributed by atoms with Crippen LogP contribution in [0.15, 0.2) is 28.7 Å². The summed E-state index contributed by atoms with van der Waals surface area (Å²) in [5.74, 6) is 5.69. The minimum atomic E-state index is -0.597. The zero-order chi connectivity index (χ0) is 11.6. The number of aliphatic hydroxyl groups is 1. The summed E-state index contributed by atoms with van der Waals surface area (Å²) in [6.07, 6.45) is 2.18. The van der Waals surface area contributed by atoms with Gasteiger partial charge in [0.2, 0.25) is 0 Å². The molecule has 0 aromatic heterocycles. The molecule has 4 heteroatoms. The summed E-state index contributed by atoms with van der Waals surface area (Å²) in [7, 11) is 0. The molecule has 1 saturated heterocycles. The largest absolute Gasteiger partial charge is 0.389 e. The molecule has 0 atom stereocenters. The van der Waals surface area contributed by atoms with Gasteiger partial charge in [0.05, 0.1) is 5.60 Å². The maximum atomic E-state index is 10.5. The number of hydrogen-bond acceptors (Lipinski definition) is 3. The number of hydrazine groups is 1. The van der Waals surface area contributed by atoms with Gasteiger partial charge in [0.1, 0.15) is 0 Å². The Morgan fingerprint density at radius 1 is 1.31 bits per heavy atom. The fourth-order valence-electron chi connectivity index (χ4n) is 2.11. The molecule has 0 bridgehead atoms. The van der Waals surface area contributed by atoms with Gasteiger partial charge in [-0.3, -0.25) is 5.84 Å². The van der Waals surface area contributed by atoms with E-state index in [1.54, 1.807) is 5.01 Å². The molecule has 16 heavy (non-hydrogen) atoms. The van der Waals surface area contributed by atoms with Crippen LogP contribution in [0.5, 0.6) is 0 Å². The topological polar surface area (TPSA) is 49.5 Å². The second-order valence-corrected chi connectivity index (χ2v) is 5.38. The Kier molecular flexibility index (Phi) is 3.64. The average molecular weight is 285 g/mol. The molecule has 1 aromatic rings. The van der Waals surface area contributed by atoms with Crippen LogP contribution in [0, 0.1) is 0 Å². The van der Waals surface area contributed by atoms with E-state index in [4.69, 9.17) is 5.84 Å². The van der Waals surface area contributed by atoms with E-state index in [9.17, 15) is 5.11 Å². The van der Waals surface area contributed by atoms with Crippen molar-refractivity contribution in [3.05, 3.63) is 34.3 Å². The number of nitrogens with zero attached hydrogens (tertiary/aromatic N) is 1. The Morgan fingerprint density at radius 2 is 1.94 bits per heavy atom. The van der Waals surface area contributed by atoms with Crippen molar-refractivity contribution < 1.29 is 5.11 Å². The number of rotatable bonds is 2. The van der Waals surface area contributed by atoms with Crippen molar-refractivity contribution in [3.63, 3.8) is 0 Å². The van der Waals surface area contributed by atoms with Crippen LogP contribution >= 0.6 is 15.9 Å². The van der Waals surface area contributed by atoms with E-state index in [-0.39, 0.29) is 0 Å². The summed E-state index contributed by atoms with van der Waals surface area (Å²) in [6.45, 7) is 1.53. The van der Waals surface area contributed by atoms with Crippen LogP contribution in [0.25, 0.3) is 0 Å². The first-order chi connectivity index (χ1) is 7.59. The number of hydrogen-bond donors (Lipinski definition) is 2. The fraction of sp³-hybridized carbons (Fsp3) is 0.500. The summed E-state index contributed by atoms with van der Waals surface area (Å²) >= 11 is 3.51. The lowest BCUT2D eigenvalue weighted by molar-refractivity contribution is -0.0210. The predicted molar refractivity (Wildman–Crippen MR) is 67.8 cm³/mol. The van der Waals surface area contributed by atoms with E-state index in [1.807, 2.05) is 18.2 Å². The van der Waals surface area contributed by atoms with Crippen molar-refractivity contribution in [1.82, 2.24) is 5.01 Å². The first-order valence-electron chi connectivity index (χ1n) is 5.54. The standard InChI is InChI=1S/C12H17BrN2O/c13-11-4-2-1-3-10(11)9-12(16)5-7-15(14)8-6-12/h1-4,16H,5-9,14H2. The molecule has 0 aliphatic carbocycles. The molecule has 2 rings (SSSR count). The summed E-state index contributed by atoms with van der Waals surface area (Å²) < 4.78 is 1.07. The summed E-state index contributed by atoms with van der Waals surface area (Å²) in [4.78, 5) is 0. The molecular formula is C12H17BrN2O. The lowest BCUT2D eigenvalue weighted by atomic mass is 9.86. The Hall–Kier alpha value is -0.420. The zero-order valence-corrected chi connectivity index (χ0v) is 10.8. The highest BCUT2D eigenvalue weighted by Crippen LogP contribution is 2.28. The van der Waals surface area contributed by atoms with Gasteiger partial charge in [0, 0.05) is 24.0 Å². The van der Waals surface area contributed by atoms with Crippen molar-refractivity contribution in [1.29, 1.82) is 0 Å². The van der Waals surface area contributed by atoms with Crippen LogP contribution in [0.1, 0.15) is 18.4 Å². The van der Waals surface area contributed by atoms with Crippen LogP contribution in [0.4, 0.5) is 0 Å². The minimum absolute atomic E-state index is 0.597. The molecule has 88 valence electrons. The molecule has 1 aliphatic rings. The van der Waals surface area contributed by atoms with Gasteiger partial charge in [-0.15, -0.1) is 0 Å². The van der Waals surface area contributed by atoms with E-state index in [0.29, 0.717) is 6.42 Å². The predicted octanol–water partition coefficient (Wildman–Crippen LogP) is 1.69. The summed E-state index contributed by atoms with van der Waals surface area (Å²) in [6, 6.07) is 8.05. The van der Waals surface area contributed by atoms with Crippen molar-refractivity contribution in [2.45, 2.75) is 24.9 Å². The molecule has 1 aromatic carbocycles. The monoisotopic (exact) mass is 284 g/mol. The summed E-state index contributed by atoms with van der Waals surface area (Å²) in [5.41, 5.74) is 0.565. The molecule has 1 fully saturated rings. The molecular weight excluding hydrogens is 268 g/mol. The Labute approximate surface area is 104 Å². The van der Waals surface area contributed by atoms with Crippen molar-refractivity contribution in [2.75, 3.05) is 13.1 Å². The second kappa shape index (κ2) is 4.84. The molecule has 3 N–H and O–H groups in total. The highest BCUT2D eigenvalue weighted by molar-refractivity contribution is 9.10. The van der Waals surface area contributed by atoms with Crippen LogP contribution in [-0.2, 0) is 6.42 Å². The second-order valence-electron chi connectivity index (χ2n) is 4.53. The fourth-order valence-corrected chi connectivity index (χ4v) is 2.54. The maximum absolute atomic E-state index is 10.5. The van der Waals surface area contributed by atoms with E-state index in [0.717, 1.165) is 36.0 Å². The number of benzene rings is 1. The number of halogens is 1. The summed E-state index contributed by atoms with van der Waals surface area (Å²) in [5, 5.41) is 12.2. The number of nitrogens with two attached hydrogens (primary N) is 1. The lowest BCUT2D eigenvalue weighted by Crippen LogP contribution is -2.48. The van der Waals surface area contributed by atoms with Crippen LogP contribution in [0.3, 0.4) is 0 Å². The van der Waals surface area contributed by atoms with Gasteiger partial charge in [0.15, 0.2) is 0 Å². The van der Waals surface area contributed by atoms with Gasteiger partial charge >= 0.3 is 0 Å². The average Bonchev–Trinajstić information content (AvgIpc) is 2.27. The zero-order valence-electron chi connectivity index (χ0n) is 9.19. The highest BCUT2D eigenvalue weighted by atomic mass is 79.9. The van der Waals surface area contributed by atoms with E-state index >= 15 is 0 Å². The van der Waals surface area contributed by atoms with Crippen LogP contribution < -0.4 is 5.84 Å². The van der Waals surface area contributed by atoms with Crippen molar-refractivity contribution >= 4 is 15.9 Å². The number of piperidine rings is 1. The van der Waals surface area contributed by atoms with Gasteiger partial charge in [0.25, 0.3) is 0 Å². The van der Waals surface area contributed by atoms with Crippen LogP contribution in [0.2, 0.25) is 0 Å². The Balaban J connectivity index is 2.07. The van der Waals surface area contributed by atoms with Gasteiger partial charge in [-0.1, -0.05) is 34.1 Å². The minimum Gasteiger partial charge on any atom is -0.389 e. The third-order valence-electron chi connectivity index (χ3n) is 3.21. The normalized spacial score (nSPS) is 20.9. The third kappa shape index (κ3) is 2.83. The molecule has 3 nitrogen and oxygen atoms in total. The molecule has 0 saturated carbocycles. The van der Waals surface area contributed by atoms with Gasteiger partial charge in [-0.25, -0.2) is 5.01 Å².